The van der Waals surface area contributed by atoms with Crippen LogP contribution in [0.15, 0.2) is 18.2 Å². The zero-order chi connectivity index (χ0) is 12.1. The Labute approximate surface area is 92.9 Å². The van der Waals surface area contributed by atoms with Crippen molar-refractivity contribution in [2.75, 3.05) is 6.61 Å². The van der Waals surface area contributed by atoms with Crippen LogP contribution in [0.4, 0.5) is 0 Å². The van der Waals surface area contributed by atoms with Gasteiger partial charge in [0.15, 0.2) is 6.10 Å². The number of hydrogen-bond donors (Lipinski definition) is 3. The molecule has 0 aliphatic rings. The van der Waals surface area contributed by atoms with Crippen LogP contribution in [0.5, 0.6) is 5.75 Å². The quantitative estimate of drug-likeness (QED) is 0.650. The van der Waals surface area contributed by atoms with Gasteiger partial charge in [0.2, 0.25) is 0 Å². The topological polar surface area (TPSA) is 87.0 Å². The van der Waals surface area contributed by atoms with Gasteiger partial charge in [-0.25, -0.2) is 4.79 Å². The highest BCUT2D eigenvalue weighted by molar-refractivity contribution is 5.76. The molecule has 0 fully saturated rings. The van der Waals surface area contributed by atoms with Gasteiger partial charge >= 0.3 is 5.97 Å². The van der Waals surface area contributed by atoms with Crippen LogP contribution in [-0.2, 0) is 16.1 Å². The third-order valence-electron chi connectivity index (χ3n) is 2.11. The molecule has 1 rings (SSSR count). The Hall–Kier alpha value is -1.59. The zero-order valence-corrected chi connectivity index (χ0v) is 8.88. The molecule has 88 valence electrons. The van der Waals surface area contributed by atoms with Crippen LogP contribution in [0.2, 0.25) is 0 Å². The molecule has 16 heavy (non-hydrogen) atoms. The van der Waals surface area contributed by atoms with Crippen molar-refractivity contribution in [1.82, 2.24) is 0 Å². The van der Waals surface area contributed by atoms with Gasteiger partial charge in [-0.1, -0.05) is 12.1 Å². The first-order chi connectivity index (χ1) is 7.60. The summed E-state index contributed by atoms with van der Waals surface area (Å²) < 4.78 is 4.63. The number of ether oxygens (including phenoxy) is 1. The van der Waals surface area contributed by atoms with Crippen LogP contribution in [0.3, 0.4) is 0 Å². The summed E-state index contributed by atoms with van der Waals surface area (Å²) in [6, 6.07) is 4.12. The Morgan fingerprint density at radius 2 is 2.19 bits per heavy atom. The van der Waals surface area contributed by atoms with E-state index in [0.29, 0.717) is 5.56 Å². The molecule has 0 radical (unpaired) electrons. The summed E-state index contributed by atoms with van der Waals surface area (Å²) in [7, 11) is 0. The van der Waals surface area contributed by atoms with E-state index in [1.165, 1.54) is 18.2 Å². The minimum Gasteiger partial charge on any atom is -0.508 e. The molecular weight excluding hydrogens is 212 g/mol. The fourth-order valence-electron chi connectivity index (χ4n) is 1.24. The molecule has 5 nitrogen and oxygen atoms in total. The van der Waals surface area contributed by atoms with E-state index in [1.807, 2.05) is 0 Å². The van der Waals surface area contributed by atoms with E-state index in [1.54, 1.807) is 6.92 Å². The van der Waals surface area contributed by atoms with Crippen molar-refractivity contribution >= 4 is 5.97 Å². The molecule has 0 aliphatic carbocycles. The summed E-state index contributed by atoms with van der Waals surface area (Å²) in [5.74, 6) is -0.929. The van der Waals surface area contributed by atoms with Crippen LogP contribution in [0, 0.1) is 0 Å². The SMILES string of the molecule is CCOC(=O)C(O)c1ccc(CO)c(O)c1. The first kappa shape index (κ1) is 12.5. The van der Waals surface area contributed by atoms with Gasteiger partial charge in [0.1, 0.15) is 5.75 Å². The number of carbonyl (C=O) groups excluding carboxylic acids is 1. The van der Waals surface area contributed by atoms with Gasteiger partial charge in [0.05, 0.1) is 13.2 Å². The van der Waals surface area contributed by atoms with Gasteiger partial charge in [-0.15, -0.1) is 0 Å². The Bertz CT molecular complexity index is 375. The fourth-order valence-corrected chi connectivity index (χ4v) is 1.24. The molecule has 1 atom stereocenters. The third kappa shape index (κ3) is 2.71. The molecule has 1 aromatic carbocycles. The van der Waals surface area contributed by atoms with Crippen LogP contribution >= 0.6 is 0 Å². The molecule has 1 unspecified atom stereocenters. The first-order valence-electron chi connectivity index (χ1n) is 4.87. The Morgan fingerprint density at radius 3 is 2.69 bits per heavy atom. The van der Waals surface area contributed by atoms with Crippen LogP contribution in [-0.4, -0.2) is 27.9 Å². The Balaban J connectivity index is 2.88. The number of phenols is 1. The second kappa shape index (κ2) is 5.48. The van der Waals surface area contributed by atoms with E-state index in [4.69, 9.17) is 5.11 Å². The zero-order valence-electron chi connectivity index (χ0n) is 8.88. The van der Waals surface area contributed by atoms with Crippen LogP contribution in [0.25, 0.3) is 0 Å². The van der Waals surface area contributed by atoms with Gasteiger partial charge in [0.25, 0.3) is 0 Å². The summed E-state index contributed by atoms with van der Waals surface area (Å²) in [5, 5.41) is 27.8. The highest BCUT2D eigenvalue weighted by Gasteiger charge is 2.19. The van der Waals surface area contributed by atoms with E-state index in [0.717, 1.165) is 0 Å². The Kier molecular flexibility index (Phi) is 4.28. The lowest BCUT2D eigenvalue weighted by Gasteiger charge is -2.11. The number of aromatic hydroxyl groups is 1. The van der Waals surface area contributed by atoms with Crippen LogP contribution in [0.1, 0.15) is 24.2 Å². The molecule has 0 heterocycles. The number of aliphatic hydroxyl groups excluding tert-OH is 2. The average Bonchev–Trinajstić information content (AvgIpc) is 2.28. The smallest absolute Gasteiger partial charge is 0.339 e. The van der Waals surface area contributed by atoms with E-state index >= 15 is 0 Å². The molecule has 0 amide bonds. The minimum absolute atomic E-state index is 0.164. The summed E-state index contributed by atoms with van der Waals surface area (Å²) in [6.07, 6.45) is -1.42. The van der Waals surface area contributed by atoms with Gasteiger partial charge in [-0.05, 0) is 18.6 Å². The number of esters is 1. The number of benzene rings is 1. The lowest BCUT2D eigenvalue weighted by Crippen LogP contribution is -2.15. The average molecular weight is 226 g/mol. The molecular formula is C11H14O5. The summed E-state index contributed by atoms with van der Waals surface area (Å²) in [4.78, 5) is 11.2. The van der Waals surface area contributed by atoms with E-state index in [-0.39, 0.29) is 24.5 Å². The molecule has 0 aliphatic heterocycles. The Morgan fingerprint density at radius 1 is 1.50 bits per heavy atom. The summed E-state index contributed by atoms with van der Waals surface area (Å²) >= 11 is 0. The predicted molar refractivity (Wildman–Crippen MR) is 55.6 cm³/mol. The minimum atomic E-state index is -1.42. The molecule has 0 saturated heterocycles. The highest BCUT2D eigenvalue weighted by atomic mass is 16.5. The molecule has 0 bridgehead atoms. The number of aliphatic hydroxyl groups is 2. The summed E-state index contributed by atoms with van der Waals surface area (Å²) in [6.45, 7) is 1.51. The maximum Gasteiger partial charge on any atom is 0.339 e. The molecule has 0 spiro atoms. The predicted octanol–water partition coefficient (Wildman–Crippen LogP) is 0.481. The van der Waals surface area contributed by atoms with Crippen molar-refractivity contribution in [3.8, 4) is 5.75 Å². The van der Waals surface area contributed by atoms with Crippen molar-refractivity contribution in [2.24, 2.45) is 0 Å². The van der Waals surface area contributed by atoms with Gasteiger partial charge in [-0.2, -0.15) is 0 Å². The van der Waals surface area contributed by atoms with Gasteiger partial charge in [0, 0.05) is 5.56 Å². The lowest BCUT2D eigenvalue weighted by molar-refractivity contribution is -0.153. The fraction of sp³-hybridized carbons (Fsp3) is 0.364. The maximum absolute atomic E-state index is 11.2. The van der Waals surface area contributed by atoms with Crippen molar-refractivity contribution in [1.29, 1.82) is 0 Å². The maximum atomic E-state index is 11.2. The van der Waals surface area contributed by atoms with E-state index in [2.05, 4.69) is 4.74 Å². The van der Waals surface area contributed by atoms with E-state index < -0.39 is 12.1 Å². The molecule has 0 aromatic heterocycles. The monoisotopic (exact) mass is 226 g/mol. The van der Waals surface area contributed by atoms with E-state index in [9.17, 15) is 15.0 Å². The van der Waals surface area contributed by atoms with Gasteiger partial charge < -0.3 is 20.1 Å². The van der Waals surface area contributed by atoms with Crippen molar-refractivity contribution < 1.29 is 24.9 Å². The van der Waals surface area contributed by atoms with Crippen molar-refractivity contribution in [2.45, 2.75) is 19.6 Å². The number of carbonyl (C=O) groups is 1. The number of rotatable bonds is 4. The molecule has 5 heteroatoms. The second-order valence-corrected chi connectivity index (χ2v) is 3.20. The molecule has 1 aromatic rings. The summed E-state index contributed by atoms with van der Waals surface area (Å²) in [5.41, 5.74) is 0.563. The van der Waals surface area contributed by atoms with Crippen molar-refractivity contribution in [3.05, 3.63) is 29.3 Å². The highest BCUT2D eigenvalue weighted by Crippen LogP contribution is 2.23. The van der Waals surface area contributed by atoms with Gasteiger partial charge in [-0.3, -0.25) is 0 Å². The molecule has 3 N–H and O–H groups in total. The first-order valence-corrected chi connectivity index (χ1v) is 4.87. The second-order valence-electron chi connectivity index (χ2n) is 3.20. The molecule has 0 saturated carbocycles. The number of hydrogen-bond acceptors (Lipinski definition) is 5. The standard InChI is InChI=1S/C11H14O5/c1-2-16-11(15)10(14)7-3-4-8(6-12)9(13)5-7/h3-5,10,12-14H,2,6H2,1H3. The normalized spacial score (nSPS) is 12.2. The largest absolute Gasteiger partial charge is 0.508 e. The third-order valence-corrected chi connectivity index (χ3v) is 2.11. The lowest BCUT2D eigenvalue weighted by atomic mass is 10.1. The van der Waals surface area contributed by atoms with Crippen molar-refractivity contribution in [3.63, 3.8) is 0 Å². The van der Waals surface area contributed by atoms with Crippen LogP contribution < -0.4 is 0 Å².